The van der Waals surface area contributed by atoms with Crippen LogP contribution in [-0.2, 0) is 22.4 Å². The van der Waals surface area contributed by atoms with Crippen LogP contribution in [0.4, 0.5) is 0 Å². The van der Waals surface area contributed by atoms with E-state index >= 15 is 0 Å². The van der Waals surface area contributed by atoms with Crippen LogP contribution in [0.25, 0.3) is 0 Å². The van der Waals surface area contributed by atoms with E-state index in [4.69, 9.17) is 4.74 Å². The van der Waals surface area contributed by atoms with Gasteiger partial charge in [-0.2, -0.15) is 0 Å². The van der Waals surface area contributed by atoms with E-state index in [9.17, 15) is 4.79 Å². The average molecular weight is 309 g/mol. The zero-order valence-electron chi connectivity index (χ0n) is 13.4. The second kappa shape index (κ2) is 7.93. The molecule has 1 atom stereocenters. The molecule has 3 nitrogen and oxygen atoms in total. The molecule has 0 spiro atoms. The monoisotopic (exact) mass is 309 g/mol. The fraction of sp³-hybridized carbons (Fsp3) is 0.350. The highest BCUT2D eigenvalue weighted by Crippen LogP contribution is 2.15. The molecule has 0 radical (unpaired) electrons. The molecule has 23 heavy (non-hydrogen) atoms. The number of hydrogen-bond donors (Lipinski definition) is 0. The van der Waals surface area contributed by atoms with Gasteiger partial charge in [0.15, 0.2) is 0 Å². The lowest BCUT2D eigenvalue weighted by molar-refractivity contribution is -0.139. The van der Waals surface area contributed by atoms with Gasteiger partial charge in [0.25, 0.3) is 0 Å². The number of carbonyl (C=O) groups excluding carboxylic acids is 1. The van der Waals surface area contributed by atoms with Crippen molar-refractivity contribution < 1.29 is 9.53 Å². The number of rotatable bonds is 5. The van der Waals surface area contributed by atoms with Crippen LogP contribution in [0.1, 0.15) is 17.5 Å². The van der Waals surface area contributed by atoms with Crippen molar-refractivity contribution in [3.63, 3.8) is 0 Å². The standard InChI is InChI=1S/C20H23NO2/c22-20(12-11-17-7-3-1-4-8-17)21-13-14-23-16-19(21)15-18-9-5-2-6-10-18/h1-10,19H,11-16H2/t19-/m0/s1. The number of ether oxygens (including phenoxy) is 1. The first-order chi connectivity index (χ1) is 11.3. The summed E-state index contributed by atoms with van der Waals surface area (Å²) >= 11 is 0. The molecule has 1 fully saturated rings. The maximum Gasteiger partial charge on any atom is 0.223 e. The number of amides is 1. The molecule has 2 aromatic carbocycles. The molecule has 1 aliphatic heterocycles. The summed E-state index contributed by atoms with van der Waals surface area (Å²) in [6.07, 6.45) is 2.22. The SMILES string of the molecule is O=C(CCc1ccccc1)N1CCOC[C@@H]1Cc1ccccc1. The van der Waals surface area contributed by atoms with Crippen molar-refractivity contribution in [1.29, 1.82) is 0 Å². The number of morpholine rings is 1. The Morgan fingerprint density at radius 2 is 1.65 bits per heavy atom. The summed E-state index contributed by atoms with van der Waals surface area (Å²) in [7, 11) is 0. The Balaban J connectivity index is 1.60. The van der Waals surface area contributed by atoms with E-state index in [-0.39, 0.29) is 11.9 Å². The van der Waals surface area contributed by atoms with E-state index in [0.29, 0.717) is 26.2 Å². The first-order valence-corrected chi connectivity index (χ1v) is 8.28. The Hall–Kier alpha value is -2.13. The van der Waals surface area contributed by atoms with Gasteiger partial charge in [-0.1, -0.05) is 60.7 Å². The van der Waals surface area contributed by atoms with E-state index in [1.165, 1.54) is 11.1 Å². The molecule has 1 saturated heterocycles. The van der Waals surface area contributed by atoms with Crippen LogP contribution < -0.4 is 0 Å². The molecule has 1 amide bonds. The van der Waals surface area contributed by atoms with Gasteiger partial charge in [-0.05, 0) is 24.0 Å². The lowest BCUT2D eigenvalue weighted by Crippen LogP contribution is -2.49. The van der Waals surface area contributed by atoms with Crippen molar-refractivity contribution >= 4 is 5.91 Å². The predicted molar refractivity (Wildman–Crippen MR) is 91.2 cm³/mol. The third-order valence-electron chi connectivity index (χ3n) is 4.33. The molecule has 1 heterocycles. The molecule has 3 rings (SSSR count). The first-order valence-electron chi connectivity index (χ1n) is 8.28. The Kier molecular flexibility index (Phi) is 5.43. The molecule has 1 aliphatic rings. The van der Waals surface area contributed by atoms with Gasteiger partial charge in [-0.3, -0.25) is 4.79 Å². The summed E-state index contributed by atoms with van der Waals surface area (Å²) in [5, 5.41) is 0. The number of carbonyl (C=O) groups is 1. The Labute approximate surface area is 137 Å². The predicted octanol–water partition coefficient (Wildman–Crippen LogP) is 3.09. The normalized spacial score (nSPS) is 17.9. The molecule has 0 bridgehead atoms. The zero-order chi connectivity index (χ0) is 15.9. The summed E-state index contributed by atoms with van der Waals surface area (Å²) in [4.78, 5) is 14.7. The number of aryl methyl sites for hydroxylation is 1. The highest BCUT2D eigenvalue weighted by molar-refractivity contribution is 5.77. The smallest absolute Gasteiger partial charge is 0.223 e. The van der Waals surface area contributed by atoms with Crippen molar-refractivity contribution in [3.8, 4) is 0 Å². The van der Waals surface area contributed by atoms with Crippen LogP contribution in [0, 0.1) is 0 Å². The van der Waals surface area contributed by atoms with Crippen LogP contribution in [0.2, 0.25) is 0 Å². The molecular formula is C20H23NO2. The van der Waals surface area contributed by atoms with E-state index in [0.717, 1.165) is 12.8 Å². The van der Waals surface area contributed by atoms with E-state index in [1.807, 2.05) is 41.3 Å². The number of hydrogen-bond acceptors (Lipinski definition) is 2. The minimum Gasteiger partial charge on any atom is -0.377 e. The van der Waals surface area contributed by atoms with Gasteiger partial charge in [0, 0.05) is 13.0 Å². The molecule has 0 unspecified atom stereocenters. The fourth-order valence-corrected chi connectivity index (χ4v) is 3.08. The van der Waals surface area contributed by atoms with E-state index in [2.05, 4.69) is 24.3 Å². The number of nitrogens with zero attached hydrogens (tertiary/aromatic N) is 1. The summed E-state index contributed by atoms with van der Waals surface area (Å²) in [5.41, 5.74) is 2.47. The molecule has 0 aliphatic carbocycles. The molecule has 0 N–H and O–H groups in total. The van der Waals surface area contributed by atoms with E-state index < -0.39 is 0 Å². The second-order valence-corrected chi connectivity index (χ2v) is 5.99. The van der Waals surface area contributed by atoms with Crippen molar-refractivity contribution in [2.75, 3.05) is 19.8 Å². The van der Waals surface area contributed by atoms with Crippen molar-refractivity contribution in [1.82, 2.24) is 4.90 Å². The molecule has 2 aromatic rings. The zero-order valence-corrected chi connectivity index (χ0v) is 13.4. The lowest BCUT2D eigenvalue weighted by Gasteiger charge is -2.36. The lowest BCUT2D eigenvalue weighted by atomic mass is 10.0. The maximum atomic E-state index is 12.6. The van der Waals surface area contributed by atoms with Crippen molar-refractivity contribution in [2.45, 2.75) is 25.3 Å². The third-order valence-corrected chi connectivity index (χ3v) is 4.33. The summed E-state index contributed by atoms with van der Waals surface area (Å²) in [5.74, 6) is 0.234. The highest BCUT2D eigenvalue weighted by atomic mass is 16.5. The van der Waals surface area contributed by atoms with Gasteiger partial charge in [0.1, 0.15) is 0 Å². The van der Waals surface area contributed by atoms with Crippen LogP contribution in [-0.4, -0.2) is 36.6 Å². The van der Waals surface area contributed by atoms with Gasteiger partial charge < -0.3 is 9.64 Å². The average Bonchev–Trinajstić information content (AvgIpc) is 2.62. The van der Waals surface area contributed by atoms with E-state index in [1.54, 1.807) is 0 Å². The van der Waals surface area contributed by atoms with Gasteiger partial charge in [-0.15, -0.1) is 0 Å². The minimum atomic E-state index is 0.148. The van der Waals surface area contributed by atoms with Gasteiger partial charge in [-0.25, -0.2) is 0 Å². The van der Waals surface area contributed by atoms with Crippen LogP contribution in [0.3, 0.4) is 0 Å². The highest BCUT2D eigenvalue weighted by Gasteiger charge is 2.27. The van der Waals surface area contributed by atoms with Crippen LogP contribution >= 0.6 is 0 Å². The largest absolute Gasteiger partial charge is 0.377 e. The van der Waals surface area contributed by atoms with Gasteiger partial charge >= 0.3 is 0 Å². The fourth-order valence-electron chi connectivity index (χ4n) is 3.08. The van der Waals surface area contributed by atoms with Crippen LogP contribution in [0.15, 0.2) is 60.7 Å². The minimum absolute atomic E-state index is 0.148. The number of benzene rings is 2. The van der Waals surface area contributed by atoms with Gasteiger partial charge in [0.05, 0.1) is 19.3 Å². The summed E-state index contributed by atoms with van der Waals surface area (Å²) in [6.45, 7) is 1.97. The quantitative estimate of drug-likeness (QED) is 0.849. The van der Waals surface area contributed by atoms with Crippen molar-refractivity contribution in [2.24, 2.45) is 0 Å². The van der Waals surface area contributed by atoms with Gasteiger partial charge in [0.2, 0.25) is 5.91 Å². The first kappa shape index (κ1) is 15.8. The van der Waals surface area contributed by atoms with Crippen LogP contribution in [0.5, 0.6) is 0 Å². The Morgan fingerprint density at radius 3 is 2.35 bits per heavy atom. The maximum absolute atomic E-state index is 12.6. The second-order valence-electron chi connectivity index (χ2n) is 5.99. The molecule has 0 saturated carbocycles. The summed E-state index contributed by atoms with van der Waals surface area (Å²) in [6, 6.07) is 20.7. The molecular weight excluding hydrogens is 286 g/mol. The summed E-state index contributed by atoms with van der Waals surface area (Å²) < 4.78 is 5.60. The molecule has 0 aromatic heterocycles. The Bertz CT molecular complexity index is 612. The topological polar surface area (TPSA) is 29.5 Å². The van der Waals surface area contributed by atoms with Crippen molar-refractivity contribution in [3.05, 3.63) is 71.8 Å². The third kappa shape index (κ3) is 4.42. The molecule has 120 valence electrons. The molecule has 3 heteroatoms. The Morgan fingerprint density at radius 1 is 1.00 bits per heavy atom.